The van der Waals surface area contributed by atoms with Gasteiger partial charge in [-0.15, -0.1) is 0 Å². The Morgan fingerprint density at radius 2 is 1.71 bits per heavy atom. The minimum atomic E-state index is -1.06. The molecule has 0 saturated carbocycles. The normalized spacial score (nSPS) is 12.0. The Morgan fingerprint density at radius 1 is 1.06 bits per heavy atom. The topological polar surface area (TPSA) is 55.1 Å². The summed E-state index contributed by atoms with van der Waals surface area (Å²) < 4.78 is 15.3. The fourth-order valence-corrected chi connectivity index (χ4v) is 3.86. The number of benzene rings is 3. The number of carboxylic acid groups (broad SMARTS) is 1. The average molecular weight is 435 g/mol. The number of carboxylic acids is 1. The Morgan fingerprint density at radius 3 is 2.32 bits per heavy atom. The van der Waals surface area contributed by atoms with Crippen LogP contribution in [-0.4, -0.2) is 20.9 Å². The summed E-state index contributed by atoms with van der Waals surface area (Å²) in [6.45, 7) is 2.04. The van der Waals surface area contributed by atoms with E-state index in [-0.39, 0.29) is 16.5 Å². The second-order valence-corrected chi connectivity index (χ2v) is 7.77. The van der Waals surface area contributed by atoms with Gasteiger partial charge in [-0.1, -0.05) is 79.2 Å². The first-order valence-electron chi connectivity index (χ1n) is 9.86. The fourth-order valence-electron chi connectivity index (χ4n) is 3.69. The average Bonchev–Trinajstić information content (AvgIpc) is 3.16. The van der Waals surface area contributed by atoms with E-state index < -0.39 is 11.8 Å². The van der Waals surface area contributed by atoms with Gasteiger partial charge in [-0.2, -0.15) is 5.10 Å². The summed E-state index contributed by atoms with van der Waals surface area (Å²) >= 11 is 6.00. The molecule has 4 aromatic rings. The summed E-state index contributed by atoms with van der Waals surface area (Å²) in [5.74, 6) is -1.55. The number of rotatable bonds is 6. The standard InChI is InChI=1S/C25H20ClFN2O2/c1-16(17-8-4-2-5-9-17)14-22-23(25(30)31)24(18-10-6-3-7-11-18)29(28-22)19-12-13-21(27)20(26)15-19/h2-13,15-16H,14H2,1H3,(H,30,31). The van der Waals surface area contributed by atoms with Gasteiger partial charge in [0.15, 0.2) is 0 Å². The van der Waals surface area contributed by atoms with Crippen LogP contribution < -0.4 is 0 Å². The molecule has 0 aliphatic rings. The van der Waals surface area contributed by atoms with Crippen LogP contribution in [0.25, 0.3) is 16.9 Å². The van der Waals surface area contributed by atoms with Crippen LogP contribution in [0.3, 0.4) is 0 Å². The quantitative estimate of drug-likeness (QED) is 0.383. The molecule has 0 radical (unpaired) electrons. The molecule has 0 spiro atoms. The summed E-state index contributed by atoms with van der Waals surface area (Å²) in [6.07, 6.45) is 0.438. The van der Waals surface area contributed by atoms with Crippen molar-refractivity contribution in [3.8, 4) is 16.9 Å². The van der Waals surface area contributed by atoms with Crippen molar-refractivity contribution >= 4 is 17.6 Å². The number of carbonyl (C=O) groups is 1. The molecule has 4 nitrogen and oxygen atoms in total. The molecule has 1 aromatic heterocycles. The van der Waals surface area contributed by atoms with Crippen molar-refractivity contribution in [2.75, 3.05) is 0 Å². The Labute approximate surface area is 184 Å². The molecule has 0 amide bonds. The monoisotopic (exact) mass is 434 g/mol. The zero-order valence-electron chi connectivity index (χ0n) is 16.8. The van der Waals surface area contributed by atoms with Crippen LogP contribution in [0.2, 0.25) is 5.02 Å². The van der Waals surface area contributed by atoms with E-state index in [1.165, 1.54) is 22.9 Å². The summed E-state index contributed by atoms with van der Waals surface area (Å²) in [7, 11) is 0. The number of nitrogens with zero attached hydrogens (tertiary/aromatic N) is 2. The lowest BCUT2D eigenvalue weighted by atomic mass is 9.94. The van der Waals surface area contributed by atoms with Crippen LogP contribution in [0.15, 0.2) is 78.9 Å². The predicted molar refractivity (Wildman–Crippen MR) is 119 cm³/mol. The highest BCUT2D eigenvalue weighted by Crippen LogP contribution is 2.33. The highest BCUT2D eigenvalue weighted by Gasteiger charge is 2.26. The van der Waals surface area contributed by atoms with E-state index in [0.717, 1.165) is 5.56 Å². The molecule has 1 unspecified atom stereocenters. The molecular formula is C25H20ClFN2O2. The first kappa shape index (κ1) is 20.8. The predicted octanol–water partition coefficient (Wildman–Crippen LogP) is 6.38. The maximum atomic E-state index is 13.8. The lowest BCUT2D eigenvalue weighted by Crippen LogP contribution is -2.06. The van der Waals surface area contributed by atoms with Crippen molar-refractivity contribution in [2.45, 2.75) is 19.3 Å². The fraction of sp³-hybridized carbons (Fsp3) is 0.120. The van der Waals surface area contributed by atoms with Crippen molar-refractivity contribution in [3.63, 3.8) is 0 Å². The van der Waals surface area contributed by atoms with Gasteiger partial charge in [-0.3, -0.25) is 0 Å². The van der Waals surface area contributed by atoms with Crippen LogP contribution in [0, 0.1) is 5.82 Å². The molecule has 1 atom stereocenters. The molecule has 3 aromatic carbocycles. The van der Waals surface area contributed by atoms with Gasteiger partial charge in [0.1, 0.15) is 11.4 Å². The summed E-state index contributed by atoms with van der Waals surface area (Å²) in [6, 6.07) is 23.3. The van der Waals surface area contributed by atoms with E-state index >= 15 is 0 Å². The van der Waals surface area contributed by atoms with Crippen molar-refractivity contribution in [3.05, 3.63) is 107 Å². The second kappa shape index (κ2) is 8.74. The maximum absolute atomic E-state index is 13.8. The highest BCUT2D eigenvalue weighted by molar-refractivity contribution is 6.30. The Bertz CT molecular complexity index is 1220. The minimum absolute atomic E-state index is 0.0527. The molecule has 0 saturated heterocycles. The van der Waals surface area contributed by atoms with Gasteiger partial charge >= 0.3 is 5.97 Å². The van der Waals surface area contributed by atoms with E-state index in [2.05, 4.69) is 5.10 Å². The van der Waals surface area contributed by atoms with Gasteiger partial charge < -0.3 is 5.11 Å². The third-order valence-corrected chi connectivity index (χ3v) is 5.52. The lowest BCUT2D eigenvalue weighted by Gasteiger charge is -2.10. The van der Waals surface area contributed by atoms with Gasteiger partial charge in [0.25, 0.3) is 0 Å². The van der Waals surface area contributed by atoms with Gasteiger partial charge in [0.2, 0.25) is 0 Å². The van der Waals surface area contributed by atoms with Crippen LogP contribution in [-0.2, 0) is 6.42 Å². The number of aromatic carboxylic acids is 1. The van der Waals surface area contributed by atoms with Crippen LogP contribution in [0.4, 0.5) is 4.39 Å². The number of hydrogen-bond acceptors (Lipinski definition) is 2. The molecular weight excluding hydrogens is 415 g/mol. The molecule has 0 fully saturated rings. The van der Waals surface area contributed by atoms with Gasteiger partial charge in [-0.05, 0) is 36.1 Å². The second-order valence-electron chi connectivity index (χ2n) is 7.37. The van der Waals surface area contributed by atoms with Gasteiger partial charge in [0.05, 0.1) is 22.1 Å². The van der Waals surface area contributed by atoms with E-state index in [1.807, 2.05) is 67.6 Å². The summed E-state index contributed by atoms with van der Waals surface area (Å²) in [5, 5.41) is 14.7. The Hall–Kier alpha value is -3.44. The van der Waals surface area contributed by atoms with Crippen LogP contribution in [0.5, 0.6) is 0 Å². The molecule has 31 heavy (non-hydrogen) atoms. The third-order valence-electron chi connectivity index (χ3n) is 5.23. The zero-order valence-corrected chi connectivity index (χ0v) is 17.6. The number of halogens is 2. The molecule has 4 rings (SSSR count). The van der Waals surface area contributed by atoms with E-state index in [1.54, 1.807) is 0 Å². The third kappa shape index (κ3) is 4.23. The van der Waals surface area contributed by atoms with Crippen molar-refractivity contribution in [2.24, 2.45) is 0 Å². The summed E-state index contributed by atoms with van der Waals surface area (Å²) in [4.78, 5) is 12.4. The molecule has 0 bridgehead atoms. The van der Waals surface area contributed by atoms with Crippen molar-refractivity contribution < 1.29 is 14.3 Å². The summed E-state index contributed by atoms with van der Waals surface area (Å²) in [5.41, 5.74) is 3.32. The first-order valence-corrected chi connectivity index (χ1v) is 10.2. The molecule has 1 heterocycles. The van der Waals surface area contributed by atoms with Crippen LogP contribution >= 0.6 is 11.6 Å². The van der Waals surface area contributed by atoms with Gasteiger partial charge in [0, 0.05) is 5.56 Å². The lowest BCUT2D eigenvalue weighted by molar-refractivity contribution is 0.0696. The Kier molecular flexibility index (Phi) is 5.87. The SMILES string of the molecule is CC(Cc1nn(-c2ccc(F)c(Cl)c2)c(-c2ccccc2)c1C(=O)O)c1ccccc1. The largest absolute Gasteiger partial charge is 0.478 e. The van der Waals surface area contributed by atoms with Crippen LogP contribution in [0.1, 0.15) is 34.5 Å². The van der Waals surface area contributed by atoms with Crippen molar-refractivity contribution in [1.82, 2.24) is 9.78 Å². The van der Waals surface area contributed by atoms with E-state index in [9.17, 15) is 14.3 Å². The highest BCUT2D eigenvalue weighted by atomic mass is 35.5. The zero-order chi connectivity index (χ0) is 22.0. The molecule has 0 aliphatic carbocycles. The molecule has 156 valence electrons. The first-order chi connectivity index (χ1) is 15.0. The van der Waals surface area contributed by atoms with E-state index in [4.69, 9.17) is 11.6 Å². The Balaban J connectivity index is 1.90. The van der Waals surface area contributed by atoms with E-state index in [0.29, 0.717) is 29.1 Å². The van der Waals surface area contributed by atoms with Gasteiger partial charge in [-0.25, -0.2) is 13.9 Å². The molecule has 6 heteroatoms. The smallest absolute Gasteiger partial charge is 0.339 e. The number of aromatic nitrogens is 2. The maximum Gasteiger partial charge on any atom is 0.339 e. The minimum Gasteiger partial charge on any atom is -0.478 e. The number of hydrogen-bond donors (Lipinski definition) is 1. The molecule has 0 aliphatic heterocycles. The van der Waals surface area contributed by atoms with Crippen molar-refractivity contribution in [1.29, 1.82) is 0 Å². The molecule has 1 N–H and O–H groups in total.